The fourth-order valence-corrected chi connectivity index (χ4v) is 3.01. The zero-order valence-electron chi connectivity index (χ0n) is 10.4. The van der Waals surface area contributed by atoms with Crippen molar-refractivity contribution in [2.45, 2.75) is 38.1 Å². The molecule has 0 radical (unpaired) electrons. The molecule has 0 aliphatic carbocycles. The van der Waals surface area contributed by atoms with E-state index in [1.54, 1.807) is 0 Å². The maximum atomic E-state index is 5.44. The van der Waals surface area contributed by atoms with Crippen molar-refractivity contribution < 1.29 is 9.47 Å². The van der Waals surface area contributed by atoms with Gasteiger partial charge < -0.3 is 14.8 Å². The third-order valence-electron chi connectivity index (χ3n) is 4.13. The summed E-state index contributed by atoms with van der Waals surface area (Å²) < 4.78 is 10.9. The molecule has 0 saturated carbocycles. The van der Waals surface area contributed by atoms with Crippen LogP contribution in [0.25, 0.3) is 0 Å². The van der Waals surface area contributed by atoms with Crippen LogP contribution in [0.5, 0.6) is 0 Å². The van der Waals surface area contributed by atoms with Crippen LogP contribution in [0, 0.1) is 11.8 Å². The lowest BCUT2D eigenvalue weighted by molar-refractivity contribution is 0.0365. The third kappa shape index (κ3) is 3.44. The van der Waals surface area contributed by atoms with Crippen LogP contribution in [-0.2, 0) is 9.47 Å². The monoisotopic (exact) mass is 227 g/mol. The fraction of sp³-hybridized carbons (Fsp3) is 1.00. The second-order valence-electron chi connectivity index (χ2n) is 5.14. The predicted molar refractivity (Wildman–Crippen MR) is 64.6 cm³/mol. The summed E-state index contributed by atoms with van der Waals surface area (Å²) in [7, 11) is 2.11. The molecule has 0 spiro atoms. The Morgan fingerprint density at radius 3 is 2.12 bits per heavy atom. The molecule has 0 bridgehead atoms. The number of hydrogen-bond donors (Lipinski definition) is 1. The summed E-state index contributed by atoms with van der Waals surface area (Å²) in [6, 6.07) is 0.687. The molecule has 1 unspecified atom stereocenters. The van der Waals surface area contributed by atoms with E-state index in [1.807, 2.05) is 0 Å². The first-order valence-corrected chi connectivity index (χ1v) is 6.73. The first kappa shape index (κ1) is 12.3. The summed E-state index contributed by atoms with van der Waals surface area (Å²) in [5.41, 5.74) is 0. The zero-order valence-corrected chi connectivity index (χ0v) is 10.4. The molecule has 0 aromatic heterocycles. The van der Waals surface area contributed by atoms with Gasteiger partial charge in [0.15, 0.2) is 0 Å². The average Bonchev–Trinajstić information content (AvgIpc) is 2.38. The Kier molecular flexibility index (Phi) is 5.07. The lowest BCUT2D eigenvalue weighted by Gasteiger charge is -2.33. The van der Waals surface area contributed by atoms with Crippen molar-refractivity contribution in [3.8, 4) is 0 Å². The van der Waals surface area contributed by atoms with Crippen molar-refractivity contribution in [2.24, 2.45) is 11.8 Å². The van der Waals surface area contributed by atoms with Crippen molar-refractivity contribution in [1.82, 2.24) is 5.32 Å². The van der Waals surface area contributed by atoms with Gasteiger partial charge in [-0.25, -0.2) is 0 Å². The largest absolute Gasteiger partial charge is 0.381 e. The van der Waals surface area contributed by atoms with Crippen molar-refractivity contribution in [3.63, 3.8) is 0 Å². The van der Waals surface area contributed by atoms with Gasteiger partial charge in [-0.05, 0) is 51.0 Å². The molecule has 2 rings (SSSR count). The second kappa shape index (κ2) is 6.58. The highest BCUT2D eigenvalue weighted by Crippen LogP contribution is 2.27. The molecule has 0 aromatic rings. The minimum atomic E-state index is 0.687. The van der Waals surface area contributed by atoms with Crippen LogP contribution < -0.4 is 5.32 Å². The van der Waals surface area contributed by atoms with Crippen molar-refractivity contribution in [1.29, 1.82) is 0 Å². The molecule has 94 valence electrons. The van der Waals surface area contributed by atoms with Crippen LogP contribution in [0.1, 0.15) is 32.1 Å². The summed E-state index contributed by atoms with van der Waals surface area (Å²) in [5, 5.41) is 3.52. The Labute approximate surface area is 98.9 Å². The molecule has 1 atom stereocenters. The Morgan fingerprint density at radius 1 is 1.00 bits per heavy atom. The maximum absolute atomic E-state index is 5.44. The number of hydrogen-bond acceptors (Lipinski definition) is 3. The molecule has 16 heavy (non-hydrogen) atoms. The highest BCUT2D eigenvalue weighted by Gasteiger charge is 2.26. The average molecular weight is 227 g/mol. The van der Waals surface area contributed by atoms with E-state index in [0.717, 1.165) is 38.3 Å². The summed E-state index contributed by atoms with van der Waals surface area (Å²) >= 11 is 0. The predicted octanol–water partition coefficient (Wildman–Crippen LogP) is 1.82. The lowest BCUT2D eigenvalue weighted by atomic mass is 9.83. The molecule has 1 N–H and O–H groups in total. The van der Waals surface area contributed by atoms with Gasteiger partial charge in [-0.3, -0.25) is 0 Å². The first-order valence-electron chi connectivity index (χ1n) is 6.73. The molecular formula is C13H25NO2. The standard InChI is InChI=1S/C13H25NO2/c1-14-13(12-4-8-16-9-5-12)10-11-2-6-15-7-3-11/h11-14H,2-10H2,1H3. The van der Waals surface area contributed by atoms with Gasteiger partial charge in [0.05, 0.1) is 0 Å². The number of ether oxygens (including phenoxy) is 2. The first-order chi connectivity index (χ1) is 7.90. The Balaban J connectivity index is 1.78. The second-order valence-corrected chi connectivity index (χ2v) is 5.14. The topological polar surface area (TPSA) is 30.5 Å². The van der Waals surface area contributed by atoms with Gasteiger partial charge in [0.1, 0.15) is 0 Å². The van der Waals surface area contributed by atoms with Crippen LogP contribution in [0.15, 0.2) is 0 Å². The molecule has 2 aliphatic heterocycles. The van der Waals surface area contributed by atoms with E-state index in [1.165, 1.54) is 32.1 Å². The quantitative estimate of drug-likeness (QED) is 0.794. The van der Waals surface area contributed by atoms with Gasteiger partial charge in [0.25, 0.3) is 0 Å². The normalized spacial score (nSPS) is 26.8. The van der Waals surface area contributed by atoms with Gasteiger partial charge in [-0.2, -0.15) is 0 Å². The molecule has 3 nitrogen and oxygen atoms in total. The van der Waals surface area contributed by atoms with Crippen LogP contribution in [-0.4, -0.2) is 39.5 Å². The van der Waals surface area contributed by atoms with E-state index in [2.05, 4.69) is 12.4 Å². The molecule has 2 heterocycles. The minimum absolute atomic E-state index is 0.687. The van der Waals surface area contributed by atoms with E-state index < -0.39 is 0 Å². The van der Waals surface area contributed by atoms with Crippen molar-refractivity contribution in [2.75, 3.05) is 33.5 Å². The smallest absolute Gasteiger partial charge is 0.0469 e. The summed E-state index contributed by atoms with van der Waals surface area (Å²) in [6.07, 6.45) is 6.29. The Hall–Kier alpha value is -0.120. The van der Waals surface area contributed by atoms with Crippen LogP contribution in [0.2, 0.25) is 0 Å². The van der Waals surface area contributed by atoms with Crippen molar-refractivity contribution in [3.05, 3.63) is 0 Å². The van der Waals surface area contributed by atoms with Gasteiger partial charge in [-0.1, -0.05) is 0 Å². The highest BCUT2D eigenvalue weighted by molar-refractivity contribution is 4.80. The molecular weight excluding hydrogens is 202 g/mol. The maximum Gasteiger partial charge on any atom is 0.0469 e. The lowest BCUT2D eigenvalue weighted by Crippen LogP contribution is -2.39. The van der Waals surface area contributed by atoms with E-state index in [9.17, 15) is 0 Å². The molecule has 2 saturated heterocycles. The molecule has 2 fully saturated rings. The number of rotatable bonds is 4. The molecule has 2 aliphatic rings. The van der Waals surface area contributed by atoms with Gasteiger partial charge in [0, 0.05) is 32.5 Å². The SMILES string of the molecule is CNC(CC1CCOCC1)C1CCOCC1. The number of nitrogens with one attached hydrogen (secondary N) is 1. The summed E-state index contributed by atoms with van der Waals surface area (Å²) in [4.78, 5) is 0. The van der Waals surface area contributed by atoms with Crippen LogP contribution in [0.3, 0.4) is 0 Å². The summed E-state index contributed by atoms with van der Waals surface area (Å²) in [6.45, 7) is 3.84. The van der Waals surface area contributed by atoms with Gasteiger partial charge in [0.2, 0.25) is 0 Å². The minimum Gasteiger partial charge on any atom is -0.381 e. The van der Waals surface area contributed by atoms with E-state index in [0.29, 0.717) is 6.04 Å². The van der Waals surface area contributed by atoms with Gasteiger partial charge in [-0.15, -0.1) is 0 Å². The molecule has 0 aromatic carbocycles. The molecule has 0 amide bonds. The van der Waals surface area contributed by atoms with Crippen LogP contribution >= 0.6 is 0 Å². The Bertz CT molecular complexity index is 186. The van der Waals surface area contributed by atoms with Crippen LogP contribution in [0.4, 0.5) is 0 Å². The zero-order chi connectivity index (χ0) is 11.2. The Morgan fingerprint density at radius 2 is 1.56 bits per heavy atom. The highest BCUT2D eigenvalue weighted by atomic mass is 16.5. The van der Waals surface area contributed by atoms with Crippen molar-refractivity contribution >= 4 is 0 Å². The molecule has 3 heteroatoms. The van der Waals surface area contributed by atoms with Gasteiger partial charge >= 0.3 is 0 Å². The third-order valence-corrected chi connectivity index (χ3v) is 4.13. The van der Waals surface area contributed by atoms with E-state index in [-0.39, 0.29) is 0 Å². The summed E-state index contributed by atoms with van der Waals surface area (Å²) in [5.74, 6) is 1.69. The fourth-order valence-electron chi connectivity index (χ4n) is 3.01. The van der Waals surface area contributed by atoms with E-state index in [4.69, 9.17) is 9.47 Å². The van der Waals surface area contributed by atoms with E-state index >= 15 is 0 Å².